The summed E-state index contributed by atoms with van der Waals surface area (Å²) in [5.74, 6) is 0.367. The Balaban J connectivity index is 1.73. The molecule has 1 aromatic rings. The van der Waals surface area contributed by atoms with Crippen LogP contribution in [0.25, 0.3) is 0 Å². The maximum Gasteiger partial charge on any atom is 0.273 e. The lowest BCUT2D eigenvalue weighted by Crippen LogP contribution is -2.48. The van der Waals surface area contributed by atoms with Gasteiger partial charge in [-0.1, -0.05) is 6.92 Å². The summed E-state index contributed by atoms with van der Waals surface area (Å²) in [5, 5.41) is 12.8. The molecular weight excluding hydrogens is 336 g/mol. The molecule has 1 saturated heterocycles. The van der Waals surface area contributed by atoms with Gasteiger partial charge in [0.1, 0.15) is 6.26 Å². The molecule has 2 heterocycles. The minimum absolute atomic E-state index is 0.119. The van der Waals surface area contributed by atoms with Gasteiger partial charge < -0.3 is 19.6 Å². The van der Waals surface area contributed by atoms with Gasteiger partial charge >= 0.3 is 0 Å². The number of oxazole rings is 1. The number of ether oxygens (including phenoxy) is 1. The molecule has 2 atom stereocenters. The van der Waals surface area contributed by atoms with Crippen molar-refractivity contribution in [2.75, 3.05) is 45.9 Å². The standard InChI is InChI=1S/C18H32N4O4/c1-4-14(3)19-18(24)16-13-26-17(20-16)11-22-8-6-21(7-9-22)10-15(23)12-25-5-2/h13-15,23H,4-12H2,1-3H3,(H,19,24)/t14-,15-/m1/s1. The van der Waals surface area contributed by atoms with Crippen LogP contribution in [0, 0.1) is 0 Å². The van der Waals surface area contributed by atoms with Crippen molar-refractivity contribution in [3.8, 4) is 0 Å². The molecule has 1 amide bonds. The average molecular weight is 368 g/mol. The molecule has 1 fully saturated rings. The number of carbonyl (C=O) groups is 1. The molecule has 0 bridgehead atoms. The molecule has 1 aliphatic heterocycles. The number of aliphatic hydroxyl groups excluding tert-OH is 1. The van der Waals surface area contributed by atoms with Gasteiger partial charge in [-0.25, -0.2) is 4.98 Å². The molecule has 8 heteroatoms. The molecule has 0 aliphatic carbocycles. The van der Waals surface area contributed by atoms with Crippen molar-refractivity contribution in [2.24, 2.45) is 0 Å². The van der Waals surface area contributed by atoms with Crippen LogP contribution >= 0.6 is 0 Å². The Morgan fingerprint density at radius 1 is 1.35 bits per heavy atom. The van der Waals surface area contributed by atoms with Gasteiger partial charge in [0.25, 0.3) is 5.91 Å². The molecular formula is C18H32N4O4. The number of aromatic nitrogens is 1. The topological polar surface area (TPSA) is 91.1 Å². The van der Waals surface area contributed by atoms with Crippen molar-refractivity contribution >= 4 is 5.91 Å². The van der Waals surface area contributed by atoms with Crippen LogP contribution < -0.4 is 5.32 Å². The molecule has 0 unspecified atom stereocenters. The Bertz CT molecular complexity index is 543. The Hall–Kier alpha value is -1.48. The molecule has 1 aromatic heterocycles. The Kier molecular flexibility index (Phi) is 8.50. The van der Waals surface area contributed by atoms with Crippen LogP contribution in [0.3, 0.4) is 0 Å². The Morgan fingerprint density at radius 2 is 2.04 bits per heavy atom. The molecule has 2 rings (SSSR count). The van der Waals surface area contributed by atoms with Crippen molar-refractivity contribution < 1.29 is 19.1 Å². The fourth-order valence-corrected chi connectivity index (χ4v) is 2.81. The number of hydrogen-bond donors (Lipinski definition) is 2. The van der Waals surface area contributed by atoms with E-state index in [0.29, 0.717) is 37.9 Å². The summed E-state index contributed by atoms with van der Waals surface area (Å²) < 4.78 is 10.7. The zero-order valence-corrected chi connectivity index (χ0v) is 16.1. The molecule has 148 valence electrons. The maximum absolute atomic E-state index is 12.1. The lowest BCUT2D eigenvalue weighted by molar-refractivity contribution is 0.00949. The van der Waals surface area contributed by atoms with E-state index in [4.69, 9.17) is 9.15 Å². The van der Waals surface area contributed by atoms with Gasteiger partial charge in [-0.15, -0.1) is 0 Å². The van der Waals surface area contributed by atoms with Crippen LogP contribution in [0.15, 0.2) is 10.7 Å². The van der Waals surface area contributed by atoms with E-state index in [1.54, 1.807) is 0 Å². The number of nitrogens with one attached hydrogen (secondary N) is 1. The van der Waals surface area contributed by atoms with E-state index < -0.39 is 6.10 Å². The van der Waals surface area contributed by atoms with Crippen LogP contribution in [0.2, 0.25) is 0 Å². The van der Waals surface area contributed by atoms with E-state index in [0.717, 1.165) is 32.6 Å². The van der Waals surface area contributed by atoms with Crippen molar-refractivity contribution in [3.05, 3.63) is 17.8 Å². The van der Waals surface area contributed by atoms with Gasteiger partial charge in [0.15, 0.2) is 5.69 Å². The number of β-amino-alcohol motifs (C(OH)–C–C–N with tert-alkyl or cyclic N) is 1. The summed E-state index contributed by atoms with van der Waals surface area (Å²) in [6.45, 7) is 11.6. The normalized spacial score (nSPS) is 18.6. The van der Waals surface area contributed by atoms with E-state index in [1.165, 1.54) is 6.26 Å². The third-order valence-electron chi connectivity index (χ3n) is 4.58. The molecule has 2 N–H and O–H groups in total. The largest absolute Gasteiger partial charge is 0.447 e. The van der Waals surface area contributed by atoms with Crippen LogP contribution in [-0.4, -0.2) is 83.9 Å². The Morgan fingerprint density at radius 3 is 2.69 bits per heavy atom. The quantitative estimate of drug-likeness (QED) is 0.629. The first kappa shape index (κ1) is 20.8. The predicted octanol–water partition coefficient (Wildman–Crippen LogP) is 0.718. The van der Waals surface area contributed by atoms with Crippen LogP contribution in [0.1, 0.15) is 43.6 Å². The first-order chi connectivity index (χ1) is 12.5. The summed E-state index contributed by atoms with van der Waals surface area (Å²) in [6.07, 6.45) is 1.85. The SMILES string of the molecule is CCOC[C@H](O)CN1CCN(Cc2nc(C(=O)N[C@H](C)CC)co2)CC1. The molecule has 0 radical (unpaired) electrons. The van der Waals surface area contributed by atoms with Crippen molar-refractivity contribution in [3.63, 3.8) is 0 Å². The van der Waals surface area contributed by atoms with Gasteiger partial charge in [-0.2, -0.15) is 0 Å². The maximum atomic E-state index is 12.1. The van der Waals surface area contributed by atoms with E-state index in [9.17, 15) is 9.90 Å². The summed E-state index contributed by atoms with van der Waals surface area (Å²) in [7, 11) is 0. The lowest BCUT2D eigenvalue weighted by Gasteiger charge is -2.34. The fraction of sp³-hybridized carbons (Fsp3) is 0.778. The van der Waals surface area contributed by atoms with E-state index in [1.807, 2.05) is 20.8 Å². The number of amides is 1. The highest BCUT2D eigenvalue weighted by Gasteiger charge is 2.21. The highest BCUT2D eigenvalue weighted by molar-refractivity contribution is 5.92. The van der Waals surface area contributed by atoms with E-state index in [2.05, 4.69) is 20.1 Å². The second-order valence-electron chi connectivity index (χ2n) is 6.80. The minimum atomic E-state index is -0.445. The van der Waals surface area contributed by atoms with Gasteiger partial charge in [0.2, 0.25) is 5.89 Å². The lowest BCUT2D eigenvalue weighted by atomic mass is 10.2. The first-order valence-electron chi connectivity index (χ1n) is 9.47. The minimum Gasteiger partial charge on any atom is -0.447 e. The third-order valence-corrected chi connectivity index (χ3v) is 4.58. The second-order valence-corrected chi connectivity index (χ2v) is 6.80. The summed E-state index contributed by atoms with van der Waals surface area (Å²) in [4.78, 5) is 20.8. The summed E-state index contributed by atoms with van der Waals surface area (Å²) in [5.41, 5.74) is 0.331. The predicted molar refractivity (Wildman–Crippen MR) is 97.9 cm³/mol. The van der Waals surface area contributed by atoms with Crippen LogP contribution in [0.5, 0.6) is 0 Å². The first-order valence-corrected chi connectivity index (χ1v) is 9.47. The fourth-order valence-electron chi connectivity index (χ4n) is 2.81. The highest BCUT2D eigenvalue weighted by atomic mass is 16.5. The number of nitrogens with zero attached hydrogens (tertiary/aromatic N) is 3. The van der Waals surface area contributed by atoms with Gasteiger partial charge in [-0.3, -0.25) is 14.6 Å². The molecule has 0 spiro atoms. The van der Waals surface area contributed by atoms with Crippen molar-refractivity contribution in [1.82, 2.24) is 20.1 Å². The Labute approximate surface area is 155 Å². The van der Waals surface area contributed by atoms with E-state index >= 15 is 0 Å². The smallest absolute Gasteiger partial charge is 0.273 e. The average Bonchev–Trinajstić information content (AvgIpc) is 3.10. The van der Waals surface area contributed by atoms with Crippen molar-refractivity contribution in [1.29, 1.82) is 0 Å². The van der Waals surface area contributed by atoms with Gasteiger partial charge in [-0.05, 0) is 20.3 Å². The zero-order chi connectivity index (χ0) is 18.9. The third kappa shape index (κ3) is 6.68. The van der Waals surface area contributed by atoms with Crippen LogP contribution in [-0.2, 0) is 11.3 Å². The molecule has 26 heavy (non-hydrogen) atoms. The number of aliphatic hydroxyl groups is 1. The zero-order valence-electron chi connectivity index (χ0n) is 16.1. The van der Waals surface area contributed by atoms with Gasteiger partial charge in [0.05, 0.1) is 19.3 Å². The number of hydrogen-bond acceptors (Lipinski definition) is 7. The number of rotatable bonds is 10. The highest BCUT2D eigenvalue weighted by Crippen LogP contribution is 2.10. The number of carbonyl (C=O) groups excluding carboxylic acids is 1. The monoisotopic (exact) mass is 368 g/mol. The van der Waals surface area contributed by atoms with Gasteiger partial charge in [0, 0.05) is 45.4 Å². The van der Waals surface area contributed by atoms with E-state index in [-0.39, 0.29) is 11.9 Å². The second kappa shape index (κ2) is 10.6. The molecule has 8 nitrogen and oxygen atoms in total. The molecule has 0 aromatic carbocycles. The summed E-state index contributed by atoms with van der Waals surface area (Å²) >= 11 is 0. The number of piperazine rings is 1. The van der Waals surface area contributed by atoms with Crippen molar-refractivity contribution in [2.45, 2.75) is 45.9 Å². The molecule has 1 aliphatic rings. The van der Waals surface area contributed by atoms with Crippen LogP contribution in [0.4, 0.5) is 0 Å². The summed E-state index contributed by atoms with van der Waals surface area (Å²) in [6, 6.07) is 0.119. The molecule has 0 saturated carbocycles.